The van der Waals surface area contributed by atoms with Gasteiger partial charge in [-0.05, 0) is 31.1 Å². The molecule has 1 saturated carbocycles. The van der Waals surface area contributed by atoms with E-state index in [1.807, 2.05) is 13.8 Å². The summed E-state index contributed by atoms with van der Waals surface area (Å²) in [6.45, 7) is 10.3. The maximum Gasteiger partial charge on any atom is 1.00 e. The largest absolute Gasteiger partial charge is 1.00 e. The van der Waals surface area contributed by atoms with Crippen molar-refractivity contribution in [2.45, 2.75) is 57.8 Å². The predicted octanol–water partition coefficient (Wildman–Crippen LogP) is -0.399. The van der Waals surface area contributed by atoms with E-state index < -0.39 is 21.8 Å². The van der Waals surface area contributed by atoms with Crippen LogP contribution in [0.1, 0.15) is 46.5 Å². The summed E-state index contributed by atoms with van der Waals surface area (Å²) in [5, 5.41) is 0. The summed E-state index contributed by atoms with van der Waals surface area (Å²) in [6, 6.07) is 0. The van der Waals surface area contributed by atoms with Crippen LogP contribution in [0.5, 0.6) is 0 Å². The quantitative estimate of drug-likeness (QED) is 0.303. The molecule has 2 saturated heterocycles. The topological polar surface area (TPSA) is 75.7 Å². The fourth-order valence-electron chi connectivity index (χ4n) is 4.88. The zero-order valence-corrected chi connectivity index (χ0v) is 16.6. The van der Waals surface area contributed by atoms with Gasteiger partial charge in [0.2, 0.25) is 10.4 Å². The monoisotopic (exact) mass is 338 g/mol. The molecule has 2 aliphatic heterocycles. The van der Waals surface area contributed by atoms with E-state index in [4.69, 9.17) is 8.92 Å². The average molecular weight is 338 g/mol. The summed E-state index contributed by atoms with van der Waals surface area (Å²) in [6.07, 6.45) is 3.10. The van der Waals surface area contributed by atoms with Gasteiger partial charge < -0.3 is 9.29 Å². The Balaban J connectivity index is 0.00000176. The first-order valence-electron chi connectivity index (χ1n) is 7.64. The van der Waals surface area contributed by atoms with Gasteiger partial charge in [0.05, 0.1) is 5.60 Å². The minimum atomic E-state index is -4.82. The van der Waals surface area contributed by atoms with Crippen molar-refractivity contribution >= 4 is 10.4 Å². The molecule has 5 atom stereocenters. The van der Waals surface area contributed by atoms with E-state index in [-0.39, 0.29) is 47.3 Å². The zero-order chi connectivity index (χ0) is 15.6. The number of hydrogen-bond acceptors (Lipinski definition) is 5. The Morgan fingerprint density at radius 3 is 2.59 bits per heavy atom. The second-order valence-electron chi connectivity index (χ2n) is 7.28. The molecule has 7 heteroatoms. The minimum Gasteiger partial charge on any atom is -0.725 e. The molecule has 1 spiro atoms. The van der Waals surface area contributed by atoms with E-state index in [0.29, 0.717) is 12.3 Å². The fourth-order valence-corrected chi connectivity index (χ4v) is 5.45. The van der Waals surface area contributed by atoms with Crippen molar-refractivity contribution in [3.05, 3.63) is 12.2 Å². The number of hydrogen-bond donors (Lipinski definition) is 0. The first-order valence-corrected chi connectivity index (χ1v) is 8.97. The summed E-state index contributed by atoms with van der Waals surface area (Å²) in [4.78, 5) is 0. The fraction of sp³-hybridized carbons (Fsp3) is 0.867. The van der Waals surface area contributed by atoms with Gasteiger partial charge in [0.15, 0.2) is 5.79 Å². The van der Waals surface area contributed by atoms with Gasteiger partial charge in [0, 0.05) is 18.3 Å². The molecule has 0 aromatic carbocycles. The molecule has 120 valence electrons. The van der Waals surface area contributed by atoms with Crippen LogP contribution in [0.25, 0.3) is 0 Å². The van der Waals surface area contributed by atoms with Crippen molar-refractivity contribution in [2.75, 3.05) is 0 Å². The number of ether oxygens (including phenoxy) is 1. The van der Waals surface area contributed by atoms with E-state index in [0.717, 1.165) is 24.8 Å². The maximum atomic E-state index is 11.2. The Kier molecular flexibility index (Phi) is 5.01. The summed E-state index contributed by atoms with van der Waals surface area (Å²) in [5.41, 5.74) is 0.562. The van der Waals surface area contributed by atoms with E-state index in [9.17, 15) is 13.0 Å². The Morgan fingerprint density at radius 2 is 2.05 bits per heavy atom. The average Bonchev–Trinajstić information content (AvgIpc) is 2.75. The number of fused-ring (bicyclic) bond motifs is 1. The van der Waals surface area contributed by atoms with Gasteiger partial charge in [-0.15, -0.1) is 0 Å². The predicted molar refractivity (Wildman–Crippen MR) is 75.9 cm³/mol. The van der Waals surface area contributed by atoms with Gasteiger partial charge in [0.1, 0.15) is 0 Å². The molecule has 5 nitrogen and oxygen atoms in total. The summed E-state index contributed by atoms with van der Waals surface area (Å²) in [7, 11) is -4.82. The second-order valence-corrected chi connectivity index (χ2v) is 8.26. The van der Waals surface area contributed by atoms with Crippen molar-refractivity contribution in [3.63, 3.8) is 0 Å². The Hall–Kier alpha value is 0.570. The number of rotatable bonds is 3. The standard InChI is InChI=1S/C15H24O5S.Na/c1-9(2)13-8-14-11(4)5-6-12(14)10(3)7-15(13,19-14)20-21(16,17)18;/h9,11-13H,3,5-8H2,1-2,4H3,(H,16,17,18);/q;+1/p-1/t11-,12-,13-,14-,15+;/m0./s1. The summed E-state index contributed by atoms with van der Waals surface area (Å²) in [5.74, 6) is -0.710. The molecular weight excluding hydrogens is 315 g/mol. The third-order valence-corrected chi connectivity index (χ3v) is 6.28. The van der Waals surface area contributed by atoms with Crippen LogP contribution in [-0.2, 0) is 19.3 Å². The molecule has 1 aliphatic carbocycles. The molecule has 2 heterocycles. The van der Waals surface area contributed by atoms with Crippen molar-refractivity contribution in [2.24, 2.45) is 23.7 Å². The molecule has 3 aliphatic rings. The second kappa shape index (κ2) is 5.83. The van der Waals surface area contributed by atoms with Crippen LogP contribution in [0.4, 0.5) is 0 Å². The third-order valence-electron chi connectivity index (χ3n) is 5.79. The molecule has 0 aromatic rings. The van der Waals surface area contributed by atoms with Gasteiger partial charge in [-0.1, -0.05) is 32.9 Å². The molecule has 22 heavy (non-hydrogen) atoms. The van der Waals surface area contributed by atoms with Crippen molar-refractivity contribution < 1.29 is 51.4 Å². The van der Waals surface area contributed by atoms with Gasteiger partial charge in [0.25, 0.3) is 0 Å². The zero-order valence-electron chi connectivity index (χ0n) is 13.8. The summed E-state index contributed by atoms with van der Waals surface area (Å²) < 4.78 is 45.0. The first kappa shape index (κ1) is 18.9. The molecule has 3 fully saturated rings. The molecule has 0 amide bonds. The Labute approximate surface area is 155 Å². The van der Waals surface area contributed by atoms with E-state index in [1.54, 1.807) is 0 Å². The summed E-state index contributed by atoms with van der Waals surface area (Å²) >= 11 is 0. The van der Waals surface area contributed by atoms with E-state index in [1.165, 1.54) is 0 Å². The molecule has 0 aromatic heterocycles. The van der Waals surface area contributed by atoms with Gasteiger partial charge in [-0.2, -0.15) is 0 Å². The normalized spacial score (nSPS) is 44.0. The molecule has 0 N–H and O–H groups in total. The first-order chi connectivity index (χ1) is 9.60. The molecule has 3 rings (SSSR count). The van der Waals surface area contributed by atoms with Gasteiger partial charge in [-0.25, -0.2) is 12.6 Å². The van der Waals surface area contributed by atoms with Crippen LogP contribution in [0.3, 0.4) is 0 Å². The molecule has 0 radical (unpaired) electrons. The van der Waals surface area contributed by atoms with Crippen molar-refractivity contribution in [1.82, 2.24) is 0 Å². The van der Waals surface area contributed by atoms with Gasteiger partial charge >= 0.3 is 29.6 Å². The molecule has 0 unspecified atom stereocenters. The minimum absolute atomic E-state index is 0. The van der Waals surface area contributed by atoms with Crippen LogP contribution < -0.4 is 29.6 Å². The van der Waals surface area contributed by atoms with Crippen LogP contribution in [0.15, 0.2) is 12.2 Å². The Bertz CT molecular complexity index is 574. The smallest absolute Gasteiger partial charge is 0.725 e. The van der Waals surface area contributed by atoms with E-state index >= 15 is 0 Å². The van der Waals surface area contributed by atoms with Crippen molar-refractivity contribution in [1.29, 1.82) is 0 Å². The maximum absolute atomic E-state index is 11.2. The van der Waals surface area contributed by atoms with Crippen molar-refractivity contribution in [3.8, 4) is 0 Å². The van der Waals surface area contributed by atoms with Crippen LogP contribution in [0.2, 0.25) is 0 Å². The SMILES string of the molecule is C=C1C[C@]2(OS(=O)(=O)[O-])O[C@@]3(C[C@H]2C(C)C)[C@@H](C)CC[C@@H]13.[Na+]. The van der Waals surface area contributed by atoms with Crippen LogP contribution in [0, 0.1) is 23.7 Å². The molecular formula is C15H23NaO5S. The third kappa shape index (κ3) is 2.75. The van der Waals surface area contributed by atoms with Crippen LogP contribution in [-0.4, -0.2) is 24.4 Å². The van der Waals surface area contributed by atoms with Crippen LogP contribution >= 0.6 is 0 Å². The molecule has 2 bridgehead atoms. The van der Waals surface area contributed by atoms with E-state index in [2.05, 4.69) is 13.5 Å². The Morgan fingerprint density at radius 1 is 1.41 bits per heavy atom. The van der Waals surface area contributed by atoms with Gasteiger partial charge in [-0.3, -0.25) is 0 Å².